The summed E-state index contributed by atoms with van der Waals surface area (Å²) in [5.41, 5.74) is 1.02. The maximum Gasteiger partial charge on any atom is 0.300 e. The number of aliphatic hydroxyl groups is 1. The smallest absolute Gasteiger partial charge is 0.300 e. The number of nitrogens with zero attached hydrogens (tertiary/aromatic N) is 1. The van der Waals surface area contributed by atoms with Gasteiger partial charge in [0.2, 0.25) is 0 Å². The average Bonchev–Trinajstić information content (AvgIpc) is 2.99. The van der Waals surface area contributed by atoms with E-state index in [-0.39, 0.29) is 11.3 Å². The van der Waals surface area contributed by atoms with Crippen LogP contribution in [-0.4, -0.2) is 16.8 Å². The molecule has 3 aromatic rings. The second-order valence-electron chi connectivity index (χ2n) is 6.57. The molecular formula is C23H15ClFNO3. The third-order valence-electron chi connectivity index (χ3n) is 4.74. The monoisotopic (exact) mass is 407 g/mol. The van der Waals surface area contributed by atoms with Gasteiger partial charge in [0.15, 0.2) is 0 Å². The molecule has 4 nitrogen and oxygen atoms in total. The van der Waals surface area contributed by atoms with Gasteiger partial charge in [0.05, 0.1) is 11.6 Å². The summed E-state index contributed by atoms with van der Waals surface area (Å²) in [5, 5.41) is 11.3. The van der Waals surface area contributed by atoms with E-state index in [0.717, 1.165) is 0 Å². The van der Waals surface area contributed by atoms with E-state index in [1.54, 1.807) is 60.7 Å². The zero-order valence-corrected chi connectivity index (χ0v) is 15.8. The van der Waals surface area contributed by atoms with Gasteiger partial charge < -0.3 is 5.11 Å². The van der Waals surface area contributed by atoms with Gasteiger partial charge in [0, 0.05) is 16.3 Å². The van der Waals surface area contributed by atoms with Gasteiger partial charge in [0.1, 0.15) is 11.6 Å². The number of hydrogen-bond donors (Lipinski definition) is 1. The molecule has 0 saturated carbocycles. The number of halogens is 2. The first-order valence-corrected chi connectivity index (χ1v) is 9.22. The van der Waals surface area contributed by atoms with Crippen molar-refractivity contribution in [2.45, 2.75) is 6.04 Å². The first kappa shape index (κ1) is 18.9. The Labute approximate surface area is 171 Å². The topological polar surface area (TPSA) is 57.6 Å². The van der Waals surface area contributed by atoms with Crippen LogP contribution in [-0.2, 0) is 9.59 Å². The van der Waals surface area contributed by atoms with Crippen molar-refractivity contribution in [2.24, 2.45) is 0 Å². The number of carbonyl (C=O) groups excluding carboxylic acids is 2. The summed E-state index contributed by atoms with van der Waals surface area (Å²) in [7, 11) is 0. The summed E-state index contributed by atoms with van der Waals surface area (Å²) in [4.78, 5) is 27.1. The molecule has 1 fully saturated rings. The lowest BCUT2D eigenvalue weighted by Gasteiger charge is -2.25. The minimum absolute atomic E-state index is 0.105. The van der Waals surface area contributed by atoms with Crippen molar-refractivity contribution in [1.82, 2.24) is 0 Å². The number of ketones is 1. The Hall–Kier alpha value is -3.44. The van der Waals surface area contributed by atoms with Gasteiger partial charge in [-0.05, 0) is 35.9 Å². The third-order valence-corrected chi connectivity index (χ3v) is 4.98. The lowest BCUT2D eigenvalue weighted by molar-refractivity contribution is -0.132. The summed E-state index contributed by atoms with van der Waals surface area (Å²) in [6, 6.07) is 19.5. The van der Waals surface area contributed by atoms with Crippen LogP contribution < -0.4 is 4.90 Å². The van der Waals surface area contributed by atoms with Gasteiger partial charge in [-0.15, -0.1) is 0 Å². The summed E-state index contributed by atoms with van der Waals surface area (Å²) >= 11 is 6.08. The van der Waals surface area contributed by atoms with E-state index in [0.29, 0.717) is 21.8 Å². The first-order chi connectivity index (χ1) is 14.0. The molecule has 1 aliphatic heterocycles. The molecule has 0 spiro atoms. The molecule has 1 heterocycles. The predicted octanol–water partition coefficient (Wildman–Crippen LogP) is 5.11. The number of anilines is 1. The molecule has 0 bridgehead atoms. The van der Waals surface area contributed by atoms with Crippen LogP contribution in [0.1, 0.15) is 17.2 Å². The van der Waals surface area contributed by atoms with Crippen LogP contribution in [0.3, 0.4) is 0 Å². The van der Waals surface area contributed by atoms with Crippen LogP contribution in [0.2, 0.25) is 5.02 Å². The lowest BCUT2D eigenvalue weighted by atomic mass is 9.95. The van der Waals surface area contributed by atoms with Gasteiger partial charge in [-0.3, -0.25) is 14.5 Å². The fourth-order valence-electron chi connectivity index (χ4n) is 3.47. The maximum atomic E-state index is 14.0. The number of hydrogen-bond acceptors (Lipinski definition) is 3. The van der Waals surface area contributed by atoms with E-state index >= 15 is 0 Å². The molecule has 0 radical (unpaired) electrons. The maximum absolute atomic E-state index is 14.0. The summed E-state index contributed by atoms with van der Waals surface area (Å²) in [6.45, 7) is 0. The Morgan fingerprint density at radius 3 is 2.34 bits per heavy atom. The van der Waals surface area contributed by atoms with E-state index < -0.39 is 23.5 Å². The Morgan fingerprint density at radius 1 is 0.931 bits per heavy atom. The van der Waals surface area contributed by atoms with E-state index in [1.807, 2.05) is 0 Å². The number of benzene rings is 3. The van der Waals surface area contributed by atoms with Crippen molar-refractivity contribution in [1.29, 1.82) is 0 Å². The average molecular weight is 408 g/mol. The van der Waals surface area contributed by atoms with Crippen LogP contribution >= 0.6 is 11.6 Å². The molecule has 3 aromatic carbocycles. The van der Waals surface area contributed by atoms with Gasteiger partial charge in [0.25, 0.3) is 11.7 Å². The Balaban J connectivity index is 1.97. The standard InChI is InChI=1S/C23H15ClFNO3/c24-16-9-5-11-18(13-16)26-20(15-8-4-10-17(25)12-15)19(22(28)23(26)29)21(27)14-6-2-1-3-7-14/h1-13,20,27H/t20-/m0/s1. The van der Waals surface area contributed by atoms with Crippen molar-refractivity contribution in [3.05, 3.63) is 106 Å². The second kappa shape index (κ2) is 7.53. The number of aliphatic hydroxyl groups excluding tert-OH is 1. The number of carbonyl (C=O) groups is 2. The van der Waals surface area contributed by atoms with Crippen molar-refractivity contribution in [3.8, 4) is 0 Å². The van der Waals surface area contributed by atoms with Gasteiger partial charge >= 0.3 is 0 Å². The minimum atomic E-state index is -0.996. The van der Waals surface area contributed by atoms with Crippen molar-refractivity contribution in [3.63, 3.8) is 0 Å². The highest BCUT2D eigenvalue weighted by Gasteiger charge is 2.47. The highest BCUT2D eigenvalue weighted by molar-refractivity contribution is 6.51. The molecule has 1 amide bonds. The predicted molar refractivity (Wildman–Crippen MR) is 109 cm³/mol. The molecule has 1 saturated heterocycles. The molecule has 4 rings (SSSR count). The van der Waals surface area contributed by atoms with Crippen molar-refractivity contribution < 1.29 is 19.1 Å². The summed E-state index contributed by atoms with van der Waals surface area (Å²) in [5.74, 6) is -2.50. The summed E-state index contributed by atoms with van der Waals surface area (Å²) in [6.07, 6.45) is 0. The third kappa shape index (κ3) is 3.41. The Bertz CT molecular complexity index is 1140. The van der Waals surface area contributed by atoms with Gasteiger partial charge in [-0.25, -0.2) is 4.39 Å². The van der Waals surface area contributed by atoms with Gasteiger partial charge in [-0.1, -0.05) is 60.1 Å². The molecule has 1 atom stereocenters. The van der Waals surface area contributed by atoms with E-state index in [4.69, 9.17) is 11.6 Å². The largest absolute Gasteiger partial charge is 0.507 e. The Morgan fingerprint density at radius 2 is 1.66 bits per heavy atom. The highest BCUT2D eigenvalue weighted by atomic mass is 35.5. The van der Waals surface area contributed by atoms with Gasteiger partial charge in [-0.2, -0.15) is 0 Å². The van der Waals surface area contributed by atoms with Crippen molar-refractivity contribution >= 4 is 34.7 Å². The van der Waals surface area contributed by atoms with Crippen molar-refractivity contribution in [2.75, 3.05) is 4.90 Å². The van der Waals surface area contributed by atoms with E-state index in [9.17, 15) is 19.1 Å². The van der Waals surface area contributed by atoms with Crippen LogP contribution in [0.4, 0.5) is 10.1 Å². The zero-order valence-electron chi connectivity index (χ0n) is 15.0. The number of amides is 1. The lowest BCUT2D eigenvalue weighted by Crippen LogP contribution is -2.29. The normalized spacial score (nSPS) is 18.3. The first-order valence-electron chi connectivity index (χ1n) is 8.85. The van der Waals surface area contributed by atoms with E-state index in [2.05, 4.69) is 0 Å². The zero-order chi connectivity index (χ0) is 20.5. The fourth-order valence-corrected chi connectivity index (χ4v) is 3.65. The molecule has 6 heteroatoms. The minimum Gasteiger partial charge on any atom is -0.507 e. The molecular weight excluding hydrogens is 393 g/mol. The van der Waals surface area contributed by atoms with Crippen LogP contribution in [0.25, 0.3) is 5.76 Å². The second-order valence-corrected chi connectivity index (χ2v) is 7.01. The molecule has 0 unspecified atom stereocenters. The fraction of sp³-hybridized carbons (Fsp3) is 0.0435. The van der Waals surface area contributed by atoms with Crippen LogP contribution in [0.15, 0.2) is 84.4 Å². The summed E-state index contributed by atoms with van der Waals surface area (Å²) < 4.78 is 14.0. The number of Topliss-reactive ketones (excluding diaryl/α,β-unsaturated/α-hetero) is 1. The van der Waals surface area contributed by atoms with Crippen LogP contribution in [0.5, 0.6) is 0 Å². The Kier molecular flexibility index (Phi) is 4.91. The van der Waals surface area contributed by atoms with E-state index in [1.165, 1.54) is 23.1 Å². The SMILES string of the molecule is O=C1C(=O)N(c2cccc(Cl)c2)[C@@H](c2cccc(F)c2)C1=C(O)c1ccccc1. The quantitative estimate of drug-likeness (QED) is 0.373. The molecule has 29 heavy (non-hydrogen) atoms. The van der Waals surface area contributed by atoms with Crippen LogP contribution in [0, 0.1) is 5.82 Å². The molecule has 1 aliphatic rings. The molecule has 0 aliphatic carbocycles. The highest BCUT2D eigenvalue weighted by Crippen LogP contribution is 2.42. The number of rotatable bonds is 3. The molecule has 0 aromatic heterocycles. The molecule has 144 valence electrons. The molecule has 1 N–H and O–H groups in total.